The Morgan fingerprint density at radius 3 is 1.77 bits per heavy atom. The normalized spacial score (nSPS) is 10.6. The van der Waals surface area contributed by atoms with E-state index in [1.54, 1.807) is 0 Å². The van der Waals surface area contributed by atoms with Crippen LogP contribution in [0.1, 0.15) is 50.9 Å². The van der Waals surface area contributed by atoms with Crippen molar-refractivity contribution >= 4 is 0 Å². The van der Waals surface area contributed by atoms with E-state index < -0.39 is 0 Å². The Morgan fingerprint density at radius 2 is 1.38 bits per heavy atom. The number of aryl methyl sites for hydroxylation is 2. The number of nitrogens with one attached hydrogen (secondary N) is 1. The van der Waals surface area contributed by atoms with E-state index in [-0.39, 0.29) is 0 Å². The molecule has 0 aromatic carbocycles. The van der Waals surface area contributed by atoms with Crippen LogP contribution in [0.5, 0.6) is 0 Å². The molecule has 0 fully saturated rings. The van der Waals surface area contributed by atoms with Crippen molar-refractivity contribution in [1.29, 1.82) is 0 Å². The predicted octanol–water partition coefficient (Wildman–Crippen LogP) is 2.49. The first kappa shape index (κ1) is 10.2. The molecule has 3 heteroatoms. The van der Waals surface area contributed by atoms with E-state index in [1.807, 2.05) is 0 Å². The van der Waals surface area contributed by atoms with Gasteiger partial charge in [-0.25, -0.2) is 0 Å². The SMILES string of the molecule is CCCCc1n[nH]nc1CCCC. The molecule has 1 N–H and O–H groups in total. The van der Waals surface area contributed by atoms with E-state index in [1.165, 1.54) is 37.1 Å². The van der Waals surface area contributed by atoms with Gasteiger partial charge in [-0.3, -0.25) is 0 Å². The molecule has 0 aliphatic rings. The minimum absolute atomic E-state index is 1.08. The van der Waals surface area contributed by atoms with E-state index >= 15 is 0 Å². The first-order valence-corrected chi connectivity index (χ1v) is 5.27. The van der Waals surface area contributed by atoms with Gasteiger partial charge in [0.05, 0.1) is 11.4 Å². The van der Waals surface area contributed by atoms with E-state index in [4.69, 9.17) is 0 Å². The first-order valence-electron chi connectivity index (χ1n) is 5.27. The number of hydrogen-bond donors (Lipinski definition) is 1. The molecule has 0 radical (unpaired) electrons. The van der Waals surface area contributed by atoms with Crippen LogP contribution >= 0.6 is 0 Å². The maximum Gasteiger partial charge on any atom is 0.0856 e. The van der Waals surface area contributed by atoms with E-state index in [0.29, 0.717) is 0 Å². The predicted molar refractivity (Wildman–Crippen MR) is 53.6 cm³/mol. The van der Waals surface area contributed by atoms with Gasteiger partial charge in [-0.1, -0.05) is 26.7 Å². The van der Waals surface area contributed by atoms with Crippen LogP contribution in [0.25, 0.3) is 0 Å². The van der Waals surface area contributed by atoms with Crippen molar-refractivity contribution in [2.45, 2.75) is 52.4 Å². The fraction of sp³-hybridized carbons (Fsp3) is 0.800. The molecule has 3 nitrogen and oxygen atoms in total. The topological polar surface area (TPSA) is 41.6 Å². The molecule has 1 rings (SSSR count). The Hall–Kier alpha value is -0.860. The third-order valence-electron chi connectivity index (χ3n) is 2.24. The highest BCUT2D eigenvalue weighted by Gasteiger charge is 2.05. The molecule has 1 aromatic heterocycles. The third kappa shape index (κ3) is 3.17. The average Bonchev–Trinajstić information content (AvgIpc) is 2.59. The maximum atomic E-state index is 4.17. The second-order valence-corrected chi connectivity index (χ2v) is 3.42. The van der Waals surface area contributed by atoms with Gasteiger partial charge in [0.25, 0.3) is 0 Å². The molecule has 0 aliphatic heterocycles. The lowest BCUT2D eigenvalue weighted by molar-refractivity contribution is 0.741. The standard InChI is InChI=1S/C10H19N3/c1-3-5-7-9-10(8-6-4-2)12-13-11-9/h3-8H2,1-2H3,(H,11,12,13). The second kappa shape index (κ2) is 5.73. The molecule has 74 valence electrons. The van der Waals surface area contributed by atoms with E-state index in [9.17, 15) is 0 Å². The van der Waals surface area contributed by atoms with Gasteiger partial charge in [-0.2, -0.15) is 15.4 Å². The van der Waals surface area contributed by atoms with Gasteiger partial charge in [0.1, 0.15) is 0 Å². The highest BCUT2D eigenvalue weighted by Crippen LogP contribution is 2.08. The molecule has 0 saturated carbocycles. The summed E-state index contributed by atoms with van der Waals surface area (Å²) in [7, 11) is 0. The van der Waals surface area contributed by atoms with Gasteiger partial charge in [-0.15, -0.1) is 0 Å². The van der Waals surface area contributed by atoms with Crippen molar-refractivity contribution in [3.8, 4) is 0 Å². The van der Waals surface area contributed by atoms with Crippen LogP contribution in [0.15, 0.2) is 0 Å². The van der Waals surface area contributed by atoms with Gasteiger partial charge in [0.2, 0.25) is 0 Å². The Bertz CT molecular complexity index is 207. The summed E-state index contributed by atoms with van der Waals surface area (Å²) in [5, 5.41) is 11.1. The minimum Gasteiger partial charge on any atom is -0.197 e. The van der Waals surface area contributed by atoms with Crippen molar-refractivity contribution in [1.82, 2.24) is 15.4 Å². The Kier molecular flexibility index (Phi) is 4.50. The van der Waals surface area contributed by atoms with Crippen LogP contribution < -0.4 is 0 Å². The number of nitrogens with zero attached hydrogens (tertiary/aromatic N) is 2. The lowest BCUT2D eigenvalue weighted by Gasteiger charge is -1.97. The van der Waals surface area contributed by atoms with Gasteiger partial charge in [0, 0.05) is 0 Å². The van der Waals surface area contributed by atoms with Gasteiger partial charge in [0.15, 0.2) is 0 Å². The Labute approximate surface area is 79.9 Å². The summed E-state index contributed by atoms with van der Waals surface area (Å²) in [6.07, 6.45) is 7.02. The summed E-state index contributed by atoms with van der Waals surface area (Å²) in [6, 6.07) is 0. The largest absolute Gasteiger partial charge is 0.197 e. The second-order valence-electron chi connectivity index (χ2n) is 3.42. The highest BCUT2D eigenvalue weighted by atomic mass is 15.3. The fourth-order valence-electron chi connectivity index (χ4n) is 1.36. The third-order valence-corrected chi connectivity index (χ3v) is 2.24. The number of aromatic amines is 1. The van der Waals surface area contributed by atoms with Crippen molar-refractivity contribution in [3.63, 3.8) is 0 Å². The molecule has 0 spiro atoms. The Morgan fingerprint density at radius 1 is 0.923 bits per heavy atom. The number of rotatable bonds is 6. The van der Waals surface area contributed by atoms with Gasteiger partial charge < -0.3 is 0 Å². The zero-order chi connectivity index (χ0) is 9.52. The van der Waals surface area contributed by atoms with Crippen LogP contribution in [0.2, 0.25) is 0 Å². The lowest BCUT2D eigenvalue weighted by Crippen LogP contribution is -1.93. The number of hydrogen-bond acceptors (Lipinski definition) is 2. The van der Waals surface area contributed by atoms with Crippen molar-refractivity contribution < 1.29 is 0 Å². The first-order chi connectivity index (χ1) is 6.38. The maximum absolute atomic E-state index is 4.17. The quantitative estimate of drug-likeness (QED) is 0.732. The summed E-state index contributed by atoms with van der Waals surface area (Å²) >= 11 is 0. The molecule has 0 saturated heterocycles. The number of H-pyrrole nitrogens is 1. The van der Waals surface area contributed by atoms with E-state index in [0.717, 1.165) is 12.8 Å². The van der Waals surface area contributed by atoms with Crippen molar-refractivity contribution in [2.24, 2.45) is 0 Å². The zero-order valence-corrected chi connectivity index (χ0v) is 8.64. The van der Waals surface area contributed by atoms with Crippen LogP contribution in [-0.2, 0) is 12.8 Å². The van der Waals surface area contributed by atoms with Crippen molar-refractivity contribution in [3.05, 3.63) is 11.4 Å². The highest BCUT2D eigenvalue weighted by molar-refractivity contribution is 5.08. The average molecular weight is 181 g/mol. The molecule has 0 bridgehead atoms. The van der Waals surface area contributed by atoms with Gasteiger partial charge in [-0.05, 0) is 25.7 Å². The fourth-order valence-corrected chi connectivity index (χ4v) is 1.36. The number of unbranched alkanes of at least 4 members (excludes halogenated alkanes) is 2. The summed E-state index contributed by atoms with van der Waals surface area (Å²) in [6.45, 7) is 4.40. The summed E-state index contributed by atoms with van der Waals surface area (Å²) in [5.74, 6) is 0. The molecule has 0 aliphatic carbocycles. The molecular formula is C10H19N3. The molecular weight excluding hydrogens is 162 g/mol. The molecule has 1 aromatic rings. The zero-order valence-electron chi connectivity index (χ0n) is 8.64. The van der Waals surface area contributed by atoms with Crippen LogP contribution in [0.4, 0.5) is 0 Å². The van der Waals surface area contributed by atoms with E-state index in [2.05, 4.69) is 29.3 Å². The van der Waals surface area contributed by atoms with Crippen LogP contribution in [0, 0.1) is 0 Å². The molecule has 13 heavy (non-hydrogen) atoms. The monoisotopic (exact) mass is 181 g/mol. The molecule has 0 unspecified atom stereocenters. The Balaban J connectivity index is 2.45. The van der Waals surface area contributed by atoms with Crippen LogP contribution in [0.3, 0.4) is 0 Å². The number of aromatic nitrogens is 3. The summed E-state index contributed by atoms with van der Waals surface area (Å²) < 4.78 is 0. The summed E-state index contributed by atoms with van der Waals surface area (Å²) in [4.78, 5) is 0. The van der Waals surface area contributed by atoms with Gasteiger partial charge >= 0.3 is 0 Å². The molecule has 1 heterocycles. The lowest BCUT2D eigenvalue weighted by atomic mass is 10.1. The minimum atomic E-state index is 1.08. The van der Waals surface area contributed by atoms with Crippen LogP contribution in [-0.4, -0.2) is 15.4 Å². The smallest absolute Gasteiger partial charge is 0.0856 e. The molecule has 0 atom stereocenters. The molecule has 0 amide bonds. The summed E-state index contributed by atoms with van der Waals surface area (Å²) in [5.41, 5.74) is 2.35. The van der Waals surface area contributed by atoms with Crippen molar-refractivity contribution in [2.75, 3.05) is 0 Å².